The third-order valence-electron chi connectivity index (χ3n) is 7.15. The number of rotatable bonds is 10. The van der Waals surface area contributed by atoms with Crippen LogP contribution in [-0.4, -0.2) is 46.6 Å². The summed E-state index contributed by atoms with van der Waals surface area (Å²) in [5.74, 6) is -0.173. The second-order valence-corrected chi connectivity index (χ2v) is 11.0. The van der Waals surface area contributed by atoms with E-state index in [1.54, 1.807) is 17.2 Å². The lowest BCUT2D eigenvalue weighted by Gasteiger charge is -2.35. The van der Waals surface area contributed by atoms with Crippen molar-refractivity contribution < 1.29 is 23.8 Å². The van der Waals surface area contributed by atoms with Crippen LogP contribution in [0.3, 0.4) is 0 Å². The van der Waals surface area contributed by atoms with Crippen molar-refractivity contribution in [2.24, 2.45) is 0 Å². The smallest absolute Gasteiger partial charge is 0.336 e. The van der Waals surface area contributed by atoms with E-state index in [4.69, 9.17) is 25.8 Å². The summed E-state index contributed by atoms with van der Waals surface area (Å²) in [4.78, 5) is 32.6. The van der Waals surface area contributed by atoms with Crippen LogP contribution in [0.5, 0.6) is 5.75 Å². The van der Waals surface area contributed by atoms with Gasteiger partial charge in [-0.15, -0.1) is 0 Å². The minimum absolute atomic E-state index is 0.0250. The van der Waals surface area contributed by atoms with Gasteiger partial charge in [-0.25, -0.2) is 9.78 Å². The van der Waals surface area contributed by atoms with Crippen molar-refractivity contribution in [3.63, 3.8) is 0 Å². The maximum Gasteiger partial charge on any atom is 0.336 e. The average Bonchev–Trinajstić information content (AvgIpc) is 3.39. The average molecular weight is 541 g/mol. The molecule has 1 amide bonds. The number of carbonyl (C=O) groups is 2. The Morgan fingerprint density at radius 2 is 1.97 bits per heavy atom. The van der Waals surface area contributed by atoms with E-state index in [9.17, 15) is 9.59 Å². The Labute approximate surface area is 230 Å². The molecule has 3 heterocycles. The highest BCUT2D eigenvalue weighted by Crippen LogP contribution is 2.38. The van der Waals surface area contributed by atoms with Gasteiger partial charge >= 0.3 is 5.97 Å². The lowest BCUT2D eigenvalue weighted by molar-refractivity contribution is -0.141. The Bertz CT molecular complexity index is 1150. The Morgan fingerprint density at radius 3 is 2.61 bits per heavy atom. The minimum Gasteiger partial charge on any atom is -0.488 e. The van der Waals surface area contributed by atoms with Crippen molar-refractivity contribution in [2.45, 2.75) is 84.0 Å². The van der Waals surface area contributed by atoms with Gasteiger partial charge in [0.05, 0.1) is 18.2 Å². The van der Waals surface area contributed by atoms with E-state index in [1.807, 2.05) is 37.3 Å². The molecule has 8 heteroatoms. The summed E-state index contributed by atoms with van der Waals surface area (Å²) < 4.78 is 17.7. The fourth-order valence-electron chi connectivity index (χ4n) is 5.22. The van der Waals surface area contributed by atoms with Crippen LogP contribution in [0.1, 0.15) is 76.8 Å². The third kappa shape index (κ3) is 6.94. The second-order valence-electron chi connectivity index (χ2n) is 10.6. The molecule has 0 spiro atoms. The molecule has 2 aromatic rings. The van der Waals surface area contributed by atoms with Crippen LogP contribution in [0, 0.1) is 0 Å². The molecule has 2 aliphatic heterocycles. The zero-order valence-corrected chi connectivity index (χ0v) is 23.4. The maximum absolute atomic E-state index is 13.5. The molecule has 0 bridgehead atoms. The number of benzene rings is 1. The van der Waals surface area contributed by atoms with Gasteiger partial charge in [0, 0.05) is 30.8 Å². The molecule has 204 valence electrons. The van der Waals surface area contributed by atoms with E-state index in [1.165, 1.54) is 0 Å². The number of ether oxygens (including phenoxy) is 3. The maximum atomic E-state index is 13.5. The third-order valence-corrected chi connectivity index (χ3v) is 7.37. The van der Waals surface area contributed by atoms with E-state index < -0.39 is 11.9 Å². The van der Waals surface area contributed by atoms with Gasteiger partial charge in [0.2, 0.25) is 5.91 Å². The van der Waals surface area contributed by atoms with Gasteiger partial charge in [0.1, 0.15) is 23.1 Å². The van der Waals surface area contributed by atoms with E-state index in [0.29, 0.717) is 29.6 Å². The van der Waals surface area contributed by atoms with Gasteiger partial charge in [0.15, 0.2) is 0 Å². The molecule has 0 saturated carbocycles. The molecule has 38 heavy (non-hydrogen) atoms. The van der Waals surface area contributed by atoms with Crippen molar-refractivity contribution in [2.75, 3.05) is 13.2 Å². The summed E-state index contributed by atoms with van der Waals surface area (Å²) in [6.45, 7) is 9.34. The van der Waals surface area contributed by atoms with Gasteiger partial charge < -0.3 is 19.1 Å². The lowest BCUT2D eigenvalue weighted by atomic mass is 9.84. The Hall–Kier alpha value is -2.90. The molecule has 2 atom stereocenters. The standard InChI is InChI=1S/C30H37ClN2O5/c1-5-14-30(3,4)38-23-11-8-21(9-12-23)19-37-29(35)28-20(2)33(18-24-7-6-15-36-24)27(34)16-25(28)22-10-13-26(31)32-17-22/h8-13,17,24-25H,5-7,14-16,18-19H2,1-4H3/t24-,25+/m0/s1. The molecule has 1 saturated heterocycles. The molecule has 2 aliphatic rings. The number of amides is 1. The first-order valence-corrected chi connectivity index (χ1v) is 13.7. The Kier molecular flexibility index (Phi) is 9.11. The highest BCUT2D eigenvalue weighted by atomic mass is 35.5. The Morgan fingerprint density at radius 1 is 1.21 bits per heavy atom. The van der Waals surface area contributed by atoms with Crippen molar-refractivity contribution >= 4 is 23.5 Å². The van der Waals surface area contributed by atoms with Gasteiger partial charge in [-0.2, -0.15) is 0 Å². The summed E-state index contributed by atoms with van der Waals surface area (Å²) in [7, 11) is 0. The van der Waals surface area contributed by atoms with Crippen molar-refractivity contribution in [3.05, 3.63) is 70.1 Å². The van der Waals surface area contributed by atoms with Crippen LogP contribution in [0.4, 0.5) is 0 Å². The van der Waals surface area contributed by atoms with Gasteiger partial charge in [-0.1, -0.05) is 43.1 Å². The highest BCUT2D eigenvalue weighted by molar-refractivity contribution is 6.29. The van der Waals surface area contributed by atoms with Crippen molar-refractivity contribution in [1.29, 1.82) is 0 Å². The van der Waals surface area contributed by atoms with Gasteiger partial charge in [-0.05, 0) is 69.4 Å². The molecule has 0 radical (unpaired) electrons. The fourth-order valence-corrected chi connectivity index (χ4v) is 5.33. The summed E-state index contributed by atoms with van der Waals surface area (Å²) in [6, 6.07) is 11.1. The van der Waals surface area contributed by atoms with E-state index in [2.05, 4.69) is 25.8 Å². The van der Waals surface area contributed by atoms with Gasteiger partial charge in [0.25, 0.3) is 0 Å². The second kappa shape index (κ2) is 12.3. The normalized spacial score (nSPS) is 20.1. The summed E-state index contributed by atoms with van der Waals surface area (Å²) in [6.07, 6.45) is 5.62. The number of hydrogen-bond acceptors (Lipinski definition) is 6. The first kappa shape index (κ1) is 28.1. The zero-order valence-electron chi connectivity index (χ0n) is 22.7. The SMILES string of the molecule is CCCC(C)(C)Oc1ccc(COC(=O)C2=C(C)N(C[C@@H]3CCCO3)C(=O)C[C@@H]2c2ccc(Cl)nc2)cc1. The summed E-state index contributed by atoms with van der Waals surface area (Å²) in [5.41, 5.74) is 2.43. The minimum atomic E-state index is -0.461. The molecule has 4 rings (SSSR count). The number of nitrogens with zero attached hydrogens (tertiary/aromatic N) is 2. The number of aromatic nitrogens is 1. The number of pyridine rings is 1. The molecule has 0 aliphatic carbocycles. The number of halogens is 1. The molecular formula is C30H37ClN2O5. The van der Waals surface area contributed by atoms with Crippen molar-refractivity contribution in [3.8, 4) is 5.75 Å². The van der Waals surface area contributed by atoms with Crippen LogP contribution in [0.2, 0.25) is 5.15 Å². The topological polar surface area (TPSA) is 78.0 Å². The number of allylic oxidation sites excluding steroid dienone is 1. The van der Waals surface area contributed by atoms with Crippen LogP contribution in [0.25, 0.3) is 0 Å². The molecule has 0 N–H and O–H groups in total. The molecule has 1 aromatic heterocycles. The fraction of sp³-hybridized carbons (Fsp3) is 0.500. The quantitative estimate of drug-likeness (QED) is 0.263. The van der Waals surface area contributed by atoms with Crippen LogP contribution < -0.4 is 4.74 Å². The van der Waals surface area contributed by atoms with Crippen LogP contribution in [-0.2, 0) is 25.7 Å². The van der Waals surface area contributed by atoms with E-state index in [-0.39, 0.29) is 30.6 Å². The first-order valence-electron chi connectivity index (χ1n) is 13.4. The molecule has 0 unspecified atom stereocenters. The van der Waals surface area contributed by atoms with E-state index >= 15 is 0 Å². The number of hydrogen-bond donors (Lipinski definition) is 0. The van der Waals surface area contributed by atoms with Crippen molar-refractivity contribution in [1.82, 2.24) is 9.88 Å². The predicted molar refractivity (Wildman–Crippen MR) is 146 cm³/mol. The largest absolute Gasteiger partial charge is 0.488 e. The number of carbonyl (C=O) groups excluding carboxylic acids is 2. The molecular weight excluding hydrogens is 504 g/mol. The Balaban J connectivity index is 1.52. The molecule has 1 aromatic carbocycles. The van der Waals surface area contributed by atoms with E-state index in [0.717, 1.165) is 42.6 Å². The zero-order chi connectivity index (χ0) is 27.3. The molecule has 7 nitrogen and oxygen atoms in total. The lowest BCUT2D eigenvalue weighted by Crippen LogP contribution is -2.42. The first-order chi connectivity index (χ1) is 18.2. The van der Waals surface area contributed by atoms with Gasteiger partial charge in [-0.3, -0.25) is 4.79 Å². The highest BCUT2D eigenvalue weighted by Gasteiger charge is 2.38. The van der Waals surface area contributed by atoms with Crippen LogP contribution >= 0.6 is 11.6 Å². The molecule has 1 fully saturated rings. The number of esters is 1. The monoisotopic (exact) mass is 540 g/mol. The predicted octanol–water partition coefficient (Wildman–Crippen LogP) is 6.20. The summed E-state index contributed by atoms with van der Waals surface area (Å²) >= 11 is 5.99. The summed E-state index contributed by atoms with van der Waals surface area (Å²) in [5, 5.41) is 0.353. The van der Waals surface area contributed by atoms with Crippen LogP contribution in [0.15, 0.2) is 53.9 Å².